The smallest absolute Gasteiger partial charge is 0.0842 e. The maximum Gasteiger partial charge on any atom is 0.0842 e. The highest BCUT2D eigenvalue weighted by Crippen LogP contribution is 2.08. The second-order valence-electron chi connectivity index (χ2n) is 3.35. The van der Waals surface area contributed by atoms with Crippen molar-refractivity contribution in [3.05, 3.63) is 48.6 Å². The van der Waals surface area contributed by atoms with Crippen LogP contribution in [0, 0.1) is 0 Å². The molecule has 0 heterocycles. The number of benzene rings is 1. The minimum Gasteiger partial charge on any atom is -0.390 e. The molecule has 0 saturated heterocycles. The SMILES string of the molecule is C=CC[C@H](O)[C@@H](O)Cc1ccccc1. The van der Waals surface area contributed by atoms with E-state index in [1.807, 2.05) is 30.3 Å². The van der Waals surface area contributed by atoms with Gasteiger partial charge in [-0.05, 0) is 12.0 Å². The third kappa shape index (κ3) is 3.32. The van der Waals surface area contributed by atoms with Gasteiger partial charge in [0.2, 0.25) is 0 Å². The third-order valence-electron chi connectivity index (χ3n) is 2.14. The van der Waals surface area contributed by atoms with E-state index < -0.39 is 12.2 Å². The van der Waals surface area contributed by atoms with Crippen LogP contribution in [0.3, 0.4) is 0 Å². The lowest BCUT2D eigenvalue weighted by Gasteiger charge is -2.16. The van der Waals surface area contributed by atoms with E-state index in [2.05, 4.69) is 6.58 Å². The first-order valence-electron chi connectivity index (χ1n) is 4.75. The second-order valence-corrected chi connectivity index (χ2v) is 3.35. The highest BCUT2D eigenvalue weighted by molar-refractivity contribution is 5.15. The molecule has 0 spiro atoms. The predicted molar refractivity (Wildman–Crippen MR) is 57.0 cm³/mol. The van der Waals surface area contributed by atoms with Gasteiger partial charge in [-0.25, -0.2) is 0 Å². The molecule has 1 aromatic carbocycles. The minimum absolute atomic E-state index is 0.425. The molecular formula is C12H16O2. The van der Waals surface area contributed by atoms with E-state index in [1.54, 1.807) is 6.08 Å². The number of aliphatic hydroxyl groups is 2. The normalized spacial score (nSPS) is 14.7. The molecule has 0 aromatic heterocycles. The molecule has 0 fully saturated rings. The van der Waals surface area contributed by atoms with Crippen LogP contribution >= 0.6 is 0 Å². The predicted octanol–water partition coefficient (Wildman–Crippen LogP) is 1.53. The zero-order valence-electron chi connectivity index (χ0n) is 8.13. The van der Waals surface area contributed by atoms with Crippen molar-refractivity contribution >= 4 is 0 Å². The maximum absolute atomic E-state index is 9.60. The largest absolute Gasteiger partial charge is 0.390 e. The first kappa shape index (κ1) is 11.0. The lowest BCUT2D eigenvalue weighted by atomic mass is 10.0. The molecule has 2 heteroatoms. The zero-order valence-corrected chi connectivity index (χ0v) is 8.13. The van der Waals surface area contributed by atoms with Gasteiger partial charge in [-0.1, -0.05) is 36.4 Å². The average molecular weight is 192 g/mol. The van der Waals surface area contributed by atoms with Crippen LogP contribution in [0.2, 0.25) is 0 Å². The molecule has 76 valence electrons. The van der Waals surface area contributed by atoms with E-state index in [0.717, 1.165) is 5.56 Å². The Hall–Kier alpha value is -1.12. The van der Waals surface area contributed by atoms with Gasteiger partial charge in [0.25, 0.3) is 0 Å². The number of rotatable bonds is 5. The Labute approximate surface area is 84.5 Å². The van der Waals surface area contributed by atoms with Gasteiger partial charge in [0.1, 0.15) is 0 Å². The van der Waals surface area contributed by atoms with Gasteiger partial charge >= 0.3 is 0 Å². The summed E-state index contributed by atoms with van der Waals surface area (Å²) in [7, 11) is 0. The molecule has 14 heavy (non-hydrogen) atoms. The molecule has 0 aliphatic rings. The first-order valence-corrected chi connectivity index (χ1v) is 4.75. The van der Waals surface area contributed by atoms with E-state index in [-0.39, 0.29) is 0 Å². The standard InChI is InChI=1S/C12H16O2/c1-2-6-11(13)12(14)9-10-7-4-3-5-8-10/h2-5,7-8,11-14H,1,6,9H2/t11-,12-/m0/s1. The molecule has 0 radical (unpaired) electrons. The molecule has 0 saturated carbocycles. The van der Waals surface area contributed by atoms with E-state index in [4.69, 9.17) is 0 Å². The number of aliphatic hydroxyl groups excluding tert-OH is 2. The second kappa shape index (κ2) is 5.58. The Balaban J connectivity index is 2.48. The Morgan fingerprint density at radius 3 is 2.36 bits per heavy atom. The van der Waals surface area contributed by atoms with Crippen molar-refractivity contribution in [1.29, 1.82) is 0 Å². The highest BCUT2D eigenvalue weighted by atomic mass is 16.3. The van der Waals surface area contributed by atoms with Gasteiger partial charge in [-0.15, -0.1) is 6.58 Å². The van der Waals surface area contributed by atoms with Crippen LogP contribution in [-0.2, 0) is 6.42 Å². The van der Waals surface area contributed by atoms with Gasteiger partial charge in [0.15, 0.2) is 0 Å². The number of hydrogen-bond donors (Lipinski definition) is 2. The minimum atomic E-state index is -0.715. The van der Waals surface area contributed by atoms with Crippen molar-refractivity contribution in [2.24, 2.45) is 0 Å². The van der Waals surface area contributed by atoms with Crippen molar-refractivity contribution in [2.75, 3.05) is 0 Å². The van der Waals surface area contributed by atoms with Crippen molar-refractivity contribution in [1.82, 2.24) is 0 Å². The van der Waals surface area contributed by atoms with Crippen LogP contribution in [-0.4, -0.2) is 22.4 Å². The van der Waals surface area contributed by atoms with Gasteiger partial charge < -0.3 is 10.2 Å². The van der Waals surface area contributed by atoms with E-state index in [9.17, 15) is 10.2 Å². The maximum atomic E-state index is 9.60. The fourth-order valence-electron chi connectivity index (χ4n) is 1.32. The highest BCUT2D eigenvalue weighted by Gasteiger charge is 2.14. The van der Waals surface area contributed by atoms with Gasteiger partial charge in [-0.3, -0.25) is 0 Å². The Bertz CT molecular complexity index is 269. The molecular weight excluding hydrogens is 176 g/mol. The zero-order chi connectivity index (χ0) is 10.4. The van der Waals surface area contributed by atoms with Crippen molar-refractivity contribution in [3.63, 3.8) is 0 Å². The van der Waals surface area contributed by atoms with Gasteiger partial charge in [0.05, 0.1) is 12.2 Å². The summed E-state index contributed by atoms with van der Waals surface area (Å²) in [4.78, 5) is 0. The van der Waals surface area contributed by atoms with Crippen LogP contribution in [0.15, 0.2) is 43.0 Å². The van der Waals surface area contributed by atoms with E-state index in [1.165, 1.54) is 0 Å². The average Bonchev–Trinajstić information content (AvgIpc) is 2.19. The fourth-order valence-corrected chi connectivity index (χ4v) is 1.32. The molecule has 0 aliphatic carbocycles. The Morgan fingerprint density at radius 2 is 1.79 bits per heavy atom. The van der Waals surface area contributed by atoms with E-state index >= 15 is 0 Å². The van der Waals surface area contributed by atoms with Crippen molar-refractivity contribution in [2.45, 2.75) is 25.0 Å². The lowest BCUT2D eigenvalue weighted by molar-refractivity contribution is 0.0222. The molecule has 2 nitrogen and oxygen atoms in total. The summed E-state index contributed by atoms with van der Waals surface area (Å²) in [6, 6.07) is 9.63. The molecule has 1 aromatic rings. The van der Waals surface area contributed by atoms with Crippen molar-refractivity contribution < 1.29 is 10.2 Å². The summed E-state index contributed by atoms with van der Waals surface area (Å²) in [5.41, 5.74) is 1.03. The fraction of sp³-hybridized carbons (Fsp3) is 0.333. The van der Waals surface area contributed by atoms with Crippen LogP contribution < -0.4 is 0 Å². The quantitative estimate of drug-likeness (QED) is 0.694. The molecule has 0 amide bonds. The topological polar surface area (TPSA) is 40.5 Å². The van der Waals surface area contributed by atoms with Crippen LogP contribution in [0.1, 0.15) is 12.0 Å². The van der Waals surface area contributed by atoms with E-state index in [0.29, 0.717) is 12.8 Å². The Kier molecular flexibility index (Phi) is 4.36. The Morgan fingerprint density at radius 1 is 1.14 bits per heavy atom. The summed E-state index contributed by atoms with van der Waals surface area (Å²) in [6.07, 6.45) is 1.09. The molecule has 0 unspecified atom stereocenters. The summed E-state index contributed by atoms with van der Waals surface area (Å²) in [6.45, 7) is 3.52. The van der Waals surface area contributed by atoms with Crippen LogP contribution in [0.4, 0.5) is 0 Å². The molecule has 0 aliphatic heterocycles. The van der Waals surface area contributed by atoms with Gasteiger partial charge in [-0.2, -0.15) is 0 Å². The summed E-state index contributed by atoms with van der Waals surface area (Å²) >= 11 is 0. The summed E-state index contributed by atoms with van der Waals surface area (Å²) in [5.74, 6) is 0. The van der Waals surface area contributed by atoms with Gasteiger partial charge in [0, 0.05) is 6.42 Å². The monoisotopic (exact) mass is 192 g/mol. The molecule has 2 N–H and O–H groups in total. The van der Waals surface area contributed by atoms with Crippen molar-refractivity contribution in [3.8, 4) is 0 Å². The lowest BCUT2D eigenvalue weighted by Crippen LogP contribution is -2.27. The van der Waals surface area contributed by atoms with Crippen LogP contribution in [0.5, 0.6) is 0 Å². The first-order chi connectivity index (χ1) is 6.74. The molecule has 2 atom stereocenters. The summed E-state index contributed by atoms with van der Waals surface area (Å²) in [5, 5.41) is 19.1. The van der Waals surface area contributed by atoms with Crippen LogP contribution in [0.25, 0.3) is 0 Å². The third-order valence-corrected chi connectivity index (χ3v) is 2.14. The summed E-state index contributed by atoms with van der Waals surface area (Å²) < 4.78 is 0. The number of hydrogen-bond acceptors (Lipinski definition) is 2. The molecule has 0 bridgehead atoms. The molecule has 1 rings (SSSR count).